The standard InChI is InChI=1S/C10H17NO2S/c12-10(9-6-14-7-11-9)13-8-4-2-1-3-5-8/h8-9,11H,1-7H2/t9-/m0/s1. The van der Waals surface area contributed by atoms with Crippen molar-refractivity contribution in [1.82, 2.24) is 5.32 Å². The number of esters is 1. The van der Waals surface area contributed by atoms with Gasteiger partial charge >= 0.3 is 5.97 Å². The zero-order valence-electron chi connectivity index (χ0n) is 8.33. The van der Waals surface area contributed by atoms with Crippen molar-refractivity contribution in [2.75, 3.05) is 11.6 Å². The highest BCUT2D eigenvalue weighted by atomic mass is 32.2. The maximum absolute atomic E-state index is 11.6. The Morgan fingerprint density at radius 1 is 1.29 bits per heavy atom. The molecule has 0 aromatic rings. The van der Waals surface area contributed by atoms with Crippen molar-refractivity contribution in [1.29, 1.82) is 0 Å². The molecule has 1 N–H and O–H groups in total. The fourth-order valence-electron chi connectivity index (χ4n) is 1.98. The molecule has 0 radical (unpaired) electrons. The number of rotatable bonds is 2. The van der Waals surface area contributed by atoms with Crippen LogP contribution in [0, 0.1) is 0 Å². The molecule has 4 heteroatoms. The van der Waals surface area contributed by atoms with E-state index in [0.717, 1.165) is 24.5 Å². The van der Waals surface area contributed by atoms with Crippen LogP contribution in [-0.4, -0.2) is 29.7 Å². The second kappa shape index (κ2) is 5.03. The van der Waals surface area contributed by atoms with E-state index in [2.05, 4.69) is 5.32 Å². The van der Waals surface area contributed by atoms with Crippen LogP contribution in [0.4, 0.5) is 0 Å². The van der Waals surface area contributed by atoms with E-state index in [1.165, 1.54) is 19.3 Å². The number of carbonyl (C=O) groups is 1. The predicted molar refractivity (Wildman–Crippen MR) is 57.2 cm³/mol. The Labute approximate surface area is 89.0 Å². The summed E-state index contributed by atoms with van der Waals surface area (Å²) in [5.41, 5.74) is 0. The highest BCUT2D eigenvalue weighted by Crippen LogP contribution is 2.21. The second-order valence-electron chi connectivity index (χ2n) is 3.97. The molecule has 0 aromatic heterocycles. The molecule has 1 saturated heterocycles. The van der Waals surface area contributed by atoms with Gasteiger partial charge in [0.15, 0.2) is 0 Å². The smallest absolute Gasteiger partial charge is 0.324 e. The fraction of sp³-hybridized carbons (Fsp3) is 0.900. The molecule has 0 spiro atoms. The number of thioether (sulfide) groups is 1. The molecule has 2 aliphatic rings. The average molecular weight is 215 g/mol. The highest BCUT2D eigenvalue weighted by Gasteiger charge is 2.27. The number of carbonyl (C=O) groups excluding carboxylic acids is 1. The van der Waals surface area contributed by atoms with Crippen LogP contribution < -0.4 is 5.32 Å². The molecule has 80 valence electrons. The van der Waals surface area contributed by atoms with Gasteiger partial charge < -0.3 is 4.74 Å². The molecule has 2 fully saturated rings. The van der Waals surface area contributed by atoms with Gasteiger partial charge in [0.25, 0.3) is 0 Å². The molecule has 0 amide bonds. The van der Waals surface area contributed by atoms with Gasteiger partial charge in [-0.1, -0.05) is 6.42 Å². The van der Waals surface area contributed by atoms with Crippen molar-refractivity contribution >= 4 is 17.7 Å². The second-order valence-corrected chi connectivity index (χ2v) is 5.00. The summed E-state index contributed by atoms with van der Waals surface area (Å²) in [6, 6.07) is -0.0538. The first-order valence-corrected chi connectivity index (χ1v) is 6.53. The minimum atomic E-state index is -0.0538. The molecule has 1 atom stereocenters. The van der Waals surface area contributed by atoms with Crippen LogP contribution in [0.2, 0.25) is 0 Å². The average Bonchev–Trinajstić information content (AvgIpc) is 2.72. The monoisotopic (exact) mass is 215 g/mol. The number of hydrogen-bond donors (Lipinski definition) is 1. The van der Waals surface area contributed by atoms with Crippen LogP contribution >= 0.6 is 11.8 Å². The van der Waals surface area contributed by atoms with E-state index < -0.39 is 0 Å². The van der Waals surface area contributed by atoms with Crippen molar-refractivity contribution in [3.8, 4) is 0 Å². The third-order valence-electron chi connectivity index (χ3n) is 2.84. The van der Waals surface area contributed by atoms with Gasteiger partial charge in [0.05, 0.1) is 0 Å². The van der Waals surface area contributed by atoms with Gasteiger partial charge in [0, 0.05) is 11.6 Å². The Balaban J connectivity index is 1.75. The predicted octanol–water partition coefficient (Wildman–Crippen LogP) is 1.52. The first kappa shape index (κ1) is 10.3. The Bertz CT molecular complexity index is 198. The third-order valence-corrected chi connectivity index (χ3v) is 3.78. The number of ether oxygens (including phenoxy) is 1. The van der Waals surface area contributed by atoms with Crippen molar-refractivity contribution in [2.45, 2.75) is 44.2 Å². The van der Waals surface area contributed by atoms with Gasteiger partial charge in [-0.15, -0.1) is 11.8 Å². The summed E-state index contributed by atoms with van der Waals surface area (Å²) < 4.78 is 5.46. The summed E-state index contributed by atoms with van der Waals surface area (Å²) in [6.07, 6.45) is 6.04. The Kier molecular flexibility index (Phi) is 3.70. The first-order valence-electron chi connectivity index (χ1n) is 5.38. The molecule has 0 aromatic carbocycles. The van der Waals surface area contributed by atoms with Crippen LogP contribution in [0.15, 0.2) is 0 Å². The summed E-state index contributed by atoms with van der Waals surface area (Å²) in [5.74, 6) is 1.71. The Morgan fingerprint density at radius 3 is 2.71 bits per heavy atom. The minimum Gasteiger partial charge on any atom is -0.461 e. The third kappa shape index (κ3) is 2.64. The van der Waals surface area contributed by atoms with E-state index in [4.69, 9.17) is 4.74 Å². The molecule has 1 aliphatic carbocycles. The zero-order chi connectivity index (χ0) is 9.80. The molecule has 1 aliphatic heterocycles. The lowest BCUT2D eigenvalue weighted by atomic mass is 9.98. The van der Waals surface area contributed by atoms with Crippen molar-refractivity contribution in [2.24, 2.45) is 0 Å². The summed E-state index contributed by atoms with van der Waals surface area (Å²) in [4.78, 5) is 11.6. The quantitative estimate of drug-likeness (QED) is 0.709. The minimum absolute atomic E-state index is 0.0399. The van der Waals surface area contributed by atoms with Gasteiger partial charge in [-0.25, -0.2) is 0 Å². The van der Waals surface area contributed by atoms with E-state index >= 15 is 0 Å². The van der Waals surface area contributed by atoms with Gasteiger partial charge in [-0.3, -0.25) is 10.1 Å². The van der Waals surface area contributed by atoms with Crippen LogP contribution in [-0.2, 0) is 9.53 Å². The Hall–Kier alpha value is -0.220. The summed E-state index contributed by atoms with van der Waals surface area (Å²) >= 11 is 1.76. The molecule has 2 rings (SSSR count). The molecule has 0 bridgehead atoms. The van der Waals surface area contributed by atoms with Crippen molar-refractivity contribution in [3.63, 3.8) is 0 Å². The summed E-state index contributed by atoms with van der Waals surface area (Å²) in [6.45, 7) is 0. The lowest BCUT2D eigenvalue weighted by molar-refractivity contribution is -0.152. The first-order chi connectivity index (χ1) is 6.86. The number of hydrogen-bond acceptors (Lipinski definition) is 4. The van der Waals surface area contributed by atoms with Crippen LogP contribution in [0.1, 0.15) is 32.1 Å². The van der Waals surface area contributed by atoms with Crippen LogP contribution in [0.5, 0.6) is 0 Å². The van der Waals surface area contributed by atoms with Crippen molar-refractivity contribution < 1.29 is 9.53 Å². The van der Waals surface area contributed by atoms with E-state index in [1.54, 1.807) is 11.8 Å². The zero-order valence-corrected chi connectivity index (χ0v) is 9.15. The lowest BCUT2D eigenvalue weighted by Crippen LogP contribution is -2.37. The molecule has 14 heavy (non-hydrogen) atoms. The lowest BCUT2D eigenvalue weighted by Gasteiger charge is -2.23. The van der Waals surface area contributed by atoms with E-state index in [-0.39, 0.29) is 18.1 Å². The van der Waals surface area contributed by atoms with Gasteiger partial charge in [-0.05, 0) is 25.7 Å². The molecular formula is C10H17NO2S. The fourth-order valence-corrected chi connectivity index (χ4v) is 2.90. The topological polar surface area (TPSA) is 38.3 Å². The van der Waals surface area contributed by atoms with Gasteiger partial charge in [0.1, 0.15) is 12.1 Å². The van der Waals surface area contributed by atoms with E-state index in [9.17, 15) is 4.79 Å². The van der Waals surface area contributed by atoms with Crippen LogP contribution in [0.25, 0.3) is 0 Å². The van der Waals surface area contributed by atoms with E-state index in [1.807, 2.05) is 0 Å². The SMILES string of the molecule is O=C(OC1CCCCC1)[C@@H]1CSCN1. The van der Waals surface area contributed by atoms with Crippen molar-refractivity contribution in [3.05, 3.63) is 0 Å². The van der Waals surface area contributed by atoms with Gasteiger partial charge in [0.2, 0.25) is 0 Å². The molecule has 3 nitrogen and oxygen atoms in total. The Morgan fingerprint density at radius 2 is 2.07 bits per heavy atom. The largest absolute Gasteiger partial charge is 0.461 e. The molecule has 1 heterocycles. The van der Waals surface area contributed by atoms with Gasteiger partial charge in [-0.2, -0.15) is 0 Å². The van der Waals surface area contributed by atoms with Crippen LogP contribution in [0.3, 0.4) is 0 Å². The molecule has 0 unspecified atom stereocenters. The maximum atomic E-state index is 11.6. The maximum Gasteiger partial charge on any atom is 0.324 e. The highest BCUT2D eigenvalue weighted by molar-refractivity contribution is 7.99. The molecule has 1 saturated carbocycles. The van der Waals surface area contributed by atoms with E-state index in [0.29, 0.717) is 0 Å². The summed E-state index contributed by atoms with van der Waals surface area (Å²) in [7, 11) is 0. The summed E-state index contributed by atoms with van der Waals surface area (Å²) in [5, 5.41) is 3.13. The molecular weight excluding hydrogens is 198 g/mol. The normalized spacial score (nSPS) is 29.0. The number of nitrogens with one attached hydrogen (secondary N) is 1.